The number of ether oxygens (including phenoxy) is 1. The molecule has 3 amide bonds. The minimum absolute atomic E-state index is 0.304. The average Bonchev–Trinajstić information content (AvgIpc) is 2.26. The highest BCUT2D eigenvalue weighted by atomic mass is 16.5. The molecule has 0 bridgehead atoms. The Balaban J connectivity index is 2.40. The normalized spacial score (nSPS) is 17.9. The highest BCUT2D eigenvalue weighted by Gasteiger charge is 2.37. The number of amides is 3. The SMILES string of the molecule is COC1(CNC(=O)N[C@H](CC(N)=O)C(=O)O)CCC1. The van der Waals surface area contributed by atoms with Gasteiger partial charge in [0.25, 0.3) is 0 Å². The molecule has 0 unspecified atom stereocenters. The molecule has 1 saturated carbocycles. The maximum Gasteiger partial charge on any atom is 0.326 e. The molecule has 1 atom stereocenters. The molecule has 5 N–H and O–H groups in total. The van der Waals surface area contributed by atoms with Crippen LogP contribution in [0.4, 0.5) is 4.79 Å². The van der Waals surface area contributed by atoms with E-state index in [-0.39, 0.29) is 5.60 Å². The lowest BCUT2D eigenvalue weighted by atomic mass is 9.80. The summed E-state index contributed by atoms with van der Waals surface area (Å²) in [6.07, 6.45) is 2.30. The molecule has 1 aliphatic rings. The monoisotopic (exact) mass is 273 g/mol. The summed E-state index contributed by atoms with van der Waals surface area (Å²) in [5, 5.41) is 13.6. The first kappa shape index (κ1) is 15.2. The van der Waals surface area contributed by atoms with Gasteiger partial charge >= 0.3 is 12.0 Å². The number of primary amides is 1. The molecule has 0 radical (unpaired) electrons. The van der Waals surface area contributed by atoms with Gasteiger partial charge in [-0.25, -0.2) is 9.59 Å². The molecule has 1 fully saturated rings. The lowest BCUT2D eigenvalue weighted by molar-refractivity contribution is -0.140. The van der Waals surface area contributed by atoms with Crippen molar-refractivity contribution in [3.05, 3.63) is 0 Å². The molecule has 1 rings (SSSR count). The predicted octanol–water partition coefficient (Wildman–Crippen LogP) is -0.817. The number of aliphatic carboxylic acids is 1. The van der Waals surface area contributed by atoms with E-state index in [9.17, 15) is 14.4 Å². The van der Waals surface area contributed by atoms with Crippen LogP contribution in [0.1, 0.15) is 25.7 Å². The first-order valence-corrected chi connectivity index (χ1v) is 5.99. The van der Waals surface area contributed by atoms with Gasteiger partial charge in [0.05, 0.1) is 12.0 Å². The topological polar surface area (TPSA) is 131 Å². The van der Waals surface area contributed by atoms with Crippen molar-refractivity contribution in [1.82, 2.24) is 10.6 Å². The summed E-state index contributed by atoms with van der Waals surface area (Å²) in [7, 11) is 1.58. The molecule has 0 saturated heterocycles. The van der Waals surface area contributed by atoms with Crippen LogP contribution in [0.2, 0.25) is 0 Å². The highest BCUT2D eigenvalue weighted by molar-refractivity contribution is 5.87. The van der Waals surface area contributed by atoms with Crippen molar-refractivity contribution in [3.8, 4) is 0 Å². The number of nitrogens with two attached hydrogens (primary N) is 1. The van der Waals surface area contributed by atoms with Gasteiger partial charge in [0, 0.05) is 13.7 Å². The second-order valence-corrected chi connectivity index (χ2v) is 4.63. The molecule has 108 valence electrons. The summed E-state index contributed by atoms with van der Waals surface area (Å²) < 4.78 is 5.31. The molecule has 0 aromatic rings. The third kappa shape index (κ3) is 4.40. The van der Waals surface area contributed by atoms with Crippen LogP contribution in [0.3, 0.4) is 0 Å². The summed E-state index contributed by atoms with van der Waals surface area (Å²) in [6.45, 7) is 0.304. The number of carboxylic acids is 1. The van der Waals surface area contributed by atoms with Crippen LogP contribution in [0.25, 0.3) is 0 Å². The van der Waals surface area contributed by atoms with Crippen molar-refractivity contribution < 1.29 is 24.2 Å². The zero-order valence-electron chi connectivity index (χ0n) is 10.8. The number of carboxylic acid groups (broad SMARTS) is 1. The number of methoxy groups -OCH3 is 1. The van der Waals surface area contributed by atoms with Gasteiger partial charge in [-0.2, -0.15) is 0 Å². The van der Waals surface area contributed by atoms with Gasteiger partial charge in [0.1, 0.15) is 6.04 Å². The van der Waals surface area contributed by atoms with E-state index in [1.54, 1.807) is 7.11 Å². The van der Waals surface area contributed by atoms with E-state index in [1.807, 2.05) is 0 Å². The minimum atomic E-state index is -1.32. The quantitative estimate of drug-likeness (QED) is 0.481. The number of carbonyl (C=O) groups excluding carboxylic acids is 2. The second-order valence-electron chi connectivity index (χ2n) is 4.63. The maximum absolute atomic E-state index is 11.5. The van der Waals surface area contributed by atoms with Crippen molar-refractivity contribution in [1.29, 1.82) is 0 Å². The van der Waals surface area contributed by atoms with Crippen LogP contribution in [0.15, 0.2) is 0 Å². The third-order valence-electron chi connectivity index (χ3n) is 3.28. The van der Waals surface area contributed by atoms with Gasteiger partial charge in [-0.05, 0) is 19.3 Å². The van der Waals surface area contributed by atoms with Crippen molar-refractivity contribution in [3.63, 3.8) is 0 Å². The van der Waals surface area contributed by atoms with Crippen LogP contribution < -0.4 is 16.4 Å². The number of rotatable bonds is 7. The average molecular weight is 273 g/mol. The van der Waals surface area contributed by atoms with Gasteiger partial charge in [-0.1, -0.05) is 0 Å². The lowest BCUT2D eigenvalue weighted by Crippen LogP contribution is -2.54. The molecule has 19 heavy (non-hydrogen) atoms. The molecule has 0 aliphatic heterocycles. The smallest absolute Gasteiger partial charge is 0.326 e. The molecule has 0 heterocycles. The van der Waals surface area contributed by atoms with Gasteiger partial charge in [0.2, 0.25) is 5.91 Å². The van der Waals surface area contributed by atoms with Gasteiger partial charge in [-0.15, -0.1) is 0 Å². The molecule has 8 heteroatoms. The minimum Gasteiger partial charge on any atom is -0.480 e. The maximum atomic E-state index is 11.5. The van der Waals surface area contributed by atoms with Gasteiger partial charge in [0.15, 0.2) is 0 Å². The third-order valence-corrected chi connectivity index (χ3v) is 3.28. The number of carbonyl (C=O) groups is 3. The summed E-state index contributed by atoms with van der Waals surface area (Å²) in [6, 6.07) is -1.98. The first-order valence-electron chi connectivity index (χ1n) is 5.99. The van der Waals surface area contributed by atoms with Gasteiger partial charge in [-0.3, -0.25) is 4.79 Å². The van der Waals surface area contributed by atoms with Crippen LogP contribution in [-0.2, 0) is 14.3 Å². The Labute approximate surface area is 110 Å². The molecule has 0 aromatic carbocycles. The molecule has 0 spiro atoms. The summed E-state index contributed by atoms with van der Waals surface area (Å²) in [4.78, 5) is 33.1. The van der Waals surface area contributed by atoms with Crippen molar-refractivity contribution >= 4 is 17.9 Å². The van der Waals surface area contributed by atoms with E-state index >= 15 is 0 Å². The molecule has 1 aliphatic carbocycles. The lowest BCUT2D eigenvalue weighted by Gasteiger charge is -2.40. The van der Waals surface area contributed by atoms with E-state index in [2.05, 4.69) is 10.6 Å². The standard InChI is InChI=1S/C11H19N3O5/c1-19-11(3-2-4-11)6-13-10(18)14-7(9(16)17)5-8(12)15/h7H,2-6H2,1H3,(H2,12,15)(H,16,17)(H2,13,14,18)/t7-/m1/s1. The largest absolute Gasteiger partial charge is 0.480 e. The number of urea groups is 1. The molecule has 0 aromatic heterocycles. The van der Waals surface area contributed by atoms with Crippen LogP contribution >= 0.6 is 0 Å². The fraction of sp³-hybridized carbons (Fsp3) is 0.727. The van der Waals surface area contributed by atoms with Gasteiger partial charge < -0.3 is 26.2 Å². The zero-order chi connectivity index (χ0) is 14.5. The Morgan fingerprint density at radius 1 is 1.42 bits per heavy atom. The Hall–Kier alpha value is -1.83. The first-order chi connectivity index (χ1) is 8.88. The molecule has 8 nitrogen and oxygen atoms in total. The van der Waals surface area contributed by atoms with E-state index in [1.165, 1.54) is 0 Å². The summed E-state index contributed by atoms with van der Waals surface area (Å²) in [5.74, 6) is -2.10. The van der Waals surface area contributed by atoms with Crippen LogP contribution in [-0.4, -0.2) is 48.3 Å². The summed E-state index contributed by atoms with van der Waals surface area (Å²) >= 11 is 0. The Morgan fingerprint density at radius 3 is 2.42 bits per heavy atom. The highest BCUT2D eigenvalue weighted by Crippen LogP contribution is 2.34. The number of nitrogens with one attached hydrogen (secondary N) is 2. The van der Waals surface area contributed by atoms with Crippen molar-refractivity contribution in [2.75, 3.05) is 13.7 Å². The van der Waals surface area contributed by atoms with Crippen LogP contribution in [0.5, 0.6) is 0 Å². The van der Waals surface area contributed by atoms with Crippen LogP contribution in [0, 0.1) is 0 Å². The number of hydrogen-bond acceptors (Lipinski definition) is 4. The van der Waals surface area contributed by atoms with Crippen molar-refractivity contribution in [2.24, 2.45) is 5.73 Å². The fourth-order valence-corrected chi connectivity index (χ4v) is 1.88. The fourth-order valence-electron chi connectivity index (χ4n) is 1.88. The Kier molecular flexibility index (Phi) is 5.11. The summed E-state index contributed by atoms with van der Waals surface area (Å²) in [5.41, 5.74) is 4.56. The van der Waals surface area contributed by atoms with E-state index in [0.29, 0.717) is 6.54 Å². The Bertz CT molecular complexity index is 362. The van der Waals surface area contributed by atoms with E-state index < -0.39 is 30.4 Å². The predicted molar refractivity (Wildman–Crippen MR) is 65.4 cm³/mol. The molecular weight excluding hydrogens is 254 g/mol. The number of hydrogen-bond donors (Lipinski definition) is 4. The molecular formula is C11H19N3O5. The zero-order valence-corrected chi connectivity index (χ0v) is 10.8. The second kappa shape index (κ2) is 6.37. The Morgan fingerprint density at radius 2 is 2.05 bits per heavy atom. The van der Waals surface area contributed by atoms with E-state index in [4.69, 9.17) is 15.6 Å². The van der Waals surface area contributed by atoms with E-state index in [0.717, 1.165) is 19.3 Å². The van der Waals surface area contributed by atoms with Crippen molar-refractivity contribution in [2.45, 2.75) is 37.3 Å².